The van der Waals surface area contributed by atoms with E-state index in [0.717, 1.165) is 36.7 Å². The standard InChI is InChI=1S/C14H24N6/c1-2-12-13(18-15)16-10-17-14(12)20-8-4-7-19-6-3-5-11(19)9-20/h10-11H,2-9,15H2,1H3,(H,16,17,18). The minimum absolute atomic E-state index is 0.687. The molecule has 0 aliphatic carbocycles. The fourth-order valence-corrected chi connectivity index (χ4v) is 3.52. The number of hydrogen-bond acceptors (Lipinski definition) is 6. The highest BCUT2D eigenvalue weighted by atomic mass is 15.3. The Labute approximate surface area is 120 Å². The summed E-state index contributed by atoms with van der Waals surface area (Å²) in [6.07, 6.45) is 6.35. The number of nitrogens with zero attached hydrogens (tertiary/aromatic N) is 4. The summed E-state index contributed by atoms with van der Waals surface area (Å²) in [6.45, 7) is 6.76. The molecule has 6 heteroatoms. The van der Waals surface area contributed by atoms with Crippen molar-refractivity contribution in [1.82, 2.24) is 14.9 Å². The molecule has 3 rings (SSSR count). The molecule has 0 amide bonds. The van der Waals surface area contributed by atoms with Crippen LogP contribution in [0.4, 0.5) is 11.6 Å². The maximum absolute atomic E-state index is 5.57. The van der Waals surface area contributed by atoms with Gasteiger partial charge in [0.25, 0.3) is 0 Å². The molecule has 2 saturated heterocycles. The molecule has 3 heterocycles. The highest BCUT2D eigenvalue weighted by Gasteiger charge is 2.30. The molecule has 0 spiro atoms. The van der Waals surface area contributed by atoms with Gasteiger partial charge >= 0.3 is 0 Å². The minimum Gasteiger partial charge on any atom is -0.355 e. The summed E-state index contributed by atoms with van der Waals surface area (Å²) in [5.74, 6) is 7.39. The Hall–Kier alpha value is -1.40. The molecular formula is C14H24N6. The molecule has 1 atom stereocenters. The quantitative estimate of drug-likeness (QED) is 0.634. The zero-order valence-electron chi connectivity index (χ0n) is 12.2. The van der Waals surface area contributed by atoms with Gasteiger partial charge in [0.05, 0.1) is 0 Å². The number of hydrogen-bond donors (Lipinski definition) is 2. The van der Waals surface area contributed by atoms with Gasteiger partial charge in [0.2, 0.25) is 0 Å². The van der Waals surface area contributed by atoms with Crippen LogP contribution in [-0.4, -0.2) is 47.1 Å². The SMILES string of the molecule is CCc1c(NN)ncnc1N1CCCN2CCCC2C1. The van der Waals surface area contributed by atoms with E-state index in [1.54, 1.807) is 6.33 Å². The van der Waals surface area contributed by atoms with Crippen molar-refractivity contribution >= 4 is 11.6 Å². The third-order valence-electron chi connectivity index (χ3n) is 4.52. The van der Waals surface area contributed by atoms with Gasteiger partial charge < -0.3 is 10.3 Å². The topological polar surface area (TPSA) is 70.3 Å². The molecule has 110 valence electrons. The third kappa shape index (κ3) is 2.45. The van der Waals surface area contributed by atoms with Crippen LogP contribution in [0, 0.1) is 0 Å². The number of fused-ring (bicyclic) bond motifs is 1. The van der Waals surface area contributed by atoms with E-state index in [0.29, 0.717) is 6.04 Å². The van der Waals surface area contributed by atoms with Crippen LogP contribution in [0.2, 0.25) is 0 Å². The molecule has 3 N–H and O–H groups in total. The van der Waals surface area contributed by atoms with Crippen LogP contribution < -0.4 is 16.2 Å². The summed E-state index contributed by atoms with van der Waals surface area (Å²) in [6, 6.07) is 0.687. The Bertz CT molecular complexity index is 463. The van der Waals surface area contributed by atoms with Crippen molar-refractivity contribution in [3.05, 3.63) is 11.9 Å². The Morgan fingerprint density at radius 2 is 2.15 bits per heavy atom. The average molecular weight is 276 g/mol. The average Bonchev–Trinajstić information content (AvgIpc) is 2.83. The first-order valence-corrected chi connectivity index (χ1v) is 7.63. The lowest BCUT2D eigenvalue weighted by atomic mass is 10.1. The number of hydrazine groups is 1. The summed E-state index contributed by atoms with van der Waals surface area (Å²) in [7, 11) is 0. The smallest absolute Gasteiger partial charge is 0.148 e. The fraction of sp³-hybridized carbons (Fsp3) is 0.714. The summed E-state index contributed by atoms with van der Waals surface area (Å²) >= 11 is 0. The number of nitrogens with two attached hydrogens (primary N) is 1. The van der Waals surface area contributed by atoms with Crippen LogP contribution in [0.5, 0.6) is 0 Å². The molecule has 0 aromatic carbocycles. The van der Waals surface area contributed by atoms with E-state index in [9.17, 15) is 0 Å². The molecule has 2 fully saturated rings. The van der Waals surface area contributed by atoms with E-state index >= 15 is 0 Å². The molecule has 1 aromatic rings. The molecule has 6 nitrogen and oxygen atoms in total. The predicted octanol–water partition coefficient (Wildman–Crippen LogP) is 0.999. The van der Waals surface area contributed by atoms with Gasteiger partial charge in [0, 0.05) is 31.2 Å². The second-order valence-electron chi connectivity index (χ2n) is 5.65. The van der Waals surface area contributed by atoms with E-state index in [-0.39, 0.29) is 0 Å². The van der Waals surface area contributed by atoms with Crippen LogP contribution in [0.25, 0.3) is 0 Å². The highest BCUT2D eigenvalue weighted by Crippen LogP contribution is 2.28. The first-order valence-electron chi connectivity index (χ1n) is 7.63. The number of nitrogens with one attached hydrogen (secondary N) is 1. The molecule has 20 heavy (non-hydrogen) atoms. The summed E-state index contributed by atoms with van der Waals surface area (Å²) < 4.78 is 0. The molecule has 0 radical (unpaired) electrons. The lowest BCUT2D eigenvalue weighted by molar-refractivity contribution is 0.273. The van der Waals surface area contributed by atoms with Crippen LogP contribution >= 0.6 is 0 Å². The molecule has 2 aliphatic rings. The first kappa shape index (κ1) is 13.6. The summed E-state index contributed by atoms with van der Waals surface area (Å²) in [5, 5.41) is 0. The monoisotopic (exact) mass is 276 g/mol. The third-order valence-corrected chi connectivity index (χ3v) is 4.52. The van der Waals surface area contributed by atoms with Crippen molar-refractivity contribution in [1.29, 1.82) is 0 Å². The maximum Gasteiger partial charge on any atom is 0.148 e. The second kappa shape index (κ2) is 5.93. The van der Waals surface area contributed by atoms with Crippen molar-refractivity contribution in [2.45, 2.75) is 38.6 Å². The Balaban J connectivity index is 1.87. The van der Waals surface area contributed by atoms with Gasteiger partial charge in [-0.15, -0.1) is 0 Å². The van der Waals surface area contributed by atoms with Crippen LogP contribution in [0.15, 0.2) is 6.33 Å². The van der Waals surface area contributed by atoms with Gasteiger partial charge in [0.15, 0.2) is 0 Å². The van der Waals surface area contributed by atoms with Gasteiger partial charge in [0.1, 0.15) is 18.0 Å². The summed E-state index contributed by atoms with van der Waals surface area (Å²) in [5.41, 5.74) is 3.83. The van der Waals surface area contributed by atoms with E-state index in [2.05, 4.69) is 32.1 Å². The molecule has 1 unspecified atom stereocenters. The van der Waals surface area contributed by atoms with Crippen LogP contribution in [0.1, 0.15) is 31.7 Å². The van der Waals surface area contributed by atoms with Crippen molar-refractivity contribution in [3.8, 4) is 0 Å². The molecule has 1 aromatic heterocycles. The molecule has 0 saturated carbocycles. The molecule has 0 bridgehead atoms. The lowest BCUT2D eigenvalue weighted by Gasteiger charge is -2.28. The Morgan fingerprint density at radius 1 is 1.30 bits per heavy atom. The number of aromatic nitrogens is 2. The van der Waals surface area contributed by atoms with E-state index in [1.165, 1.54) is 32.4 Å². The van der Waals surface area contributed by atoms with Crippen molar-refractivity contribution in [2.75, 3.05) is 36.5 Å². The van der Waals surface area contributed by atoms with Crippen molar-refractivity contribution in [3.63, 3.8) is 0 Å². The van der Waals surface area contributed by atoms with Gasteiger partial charge in [-0.25, -0.2) is 15.8 Å². The zero-order chi connectivity index (χ0) is 13.9. The lowest BCUT2D eigenvalue weighted by Crippen LogP contribution is -2.37. The summed E-state index contributed by atoms with van der Waals surface area (Å²) in [4.78, 5) is 13.8. The largest absolute Gasteiger partial charge is 0.355 e. The van der Waals surface area contributed by atoms with Gasteiger partial charge in [-0.3, -0.25) is 4.90 Å². The number of rotatable bonds is 3. The van der Waals surface area contributed by atoms with Crippen molar-refractivity contribution < 1.29 is 0 Å². The zero-order valence-corrected chi connectivity index (χ0v) is 12.2. The number of nitrogen functional groups attached to an aromatic ring is 1. The fourth-order valence-electron chi connectivity index (χ4n) is 3.52. The van der Waals surface area contributed by atoms with Gasteiger partial charge in [-0.2, -0.15) is 0 Å². The normalized spacial score (nSPS) is 23.5. The van der Waals surface area contributed by atoms with Crippen LogP contribution in [0.3, 0.4) is 0 Å². The predicted molar refractivity (Wildman–Crippen MR) is 80.6 cm³/mol. The van der Waals surface area contributed by atoms with E-state index < -0.39 is 0 Å². The number of anilines is 2. The first-order chi connectivity index (χ1) is 9.83. The van der Waals surface area contributed by atoms with E-state index in [4.69, 9.17) is 5.84 Å². The second-order valence-corrected chi connectivity index (χ2v) is 5.65. The Morgan fingerprint density at radius 3 is 2.95 bits per heavy atom. The molecular weight excluding hydrogens is 252 g/mol. The highest BCUT2D eigenvalue weighted by molar-refractivity contribution is 5.58. The minimum atomic E-state index is 0.687. The van der Waals surface area contributed by atoms with Gasteiger partial charge in [-0.05, 0) is 32.2 Å². The van der Waals surface area contributed by atoms with E-state index in [1.807, 2.05) is 0 Å². The maximum atomic E-state index is 5.57. The molecule has 2 aliphatic heterocycles. The van der Waals surface area contributed by atoms with Crippen molar-refractivity contribution in [2.24, 2.45) is 5.84 Å². The van der Waals surface area contributed by atoms with Gasteiger partial charge in [-0.1, -0.05) is 6.92 Å². The van der Waals surface area contributed by atoms with Crippen LogP contribution in [-0.2, 0) is 6.42 Å². The Kier molecular flexibility index (Phi) is 4.03.